The van der Waals surface area contributed by atoms with Crippen LogP contribution in [0.3, 0.4) is 0 Å². The average molecular weight is 395 g/mol. The molecular weight excluding hydrogens is 364 g/mol. The van der Waals surface area contributed by atoms with Crippen LogP contribution in [0.1, 0.15) is 35.2 Å². The van der Waals surface area contributed by atoms with Gasteiger partial charge in [-0.25, -0.2) is 4.98 Å². The van der Waals surface area contributed by atoms with Crippen LogP contribution in [0.15, 0.2) is 48.7 Å². The number of likely N-dealkylation sites (N-methyl/N-ethyl adjacent to an activating group) is 2. The molecule has 1 fully saturated rings. The van der Waals surface area contributed by atoms with Crippen LogP contribution in [0.2, 0.25) is 0 Å². The van der Waals surface area contributed by atoms with Crippen molar-refractivity contribution in [3.05, 3.63) is 59.8 Å². The fourth-order valence-corrected chi connectivity index (χ4v) is 3.74. The molecule has 0 radical (unpaired) electrons. The molecule has 0 unspecified atom stereocenters. The highest BCUT2D eigenvalue weighted by Gasteiger charge is 2.23. The molecule has 1 aliphatic heterocycles. The minimum absolute atomic E-state index is 0.0412. The third-order valence-corrected chi connectivity index (χ3v) is 5.63. The molecule has 0 aliphatic carbocycles. The number of carbonyl (C=O) groups excluding carboxylic acids is 2. The fraction of sp³-hybridized carbons (Fsp3) is 0.435. The summed E-state index contributed by atoms with van der Waals surface area (Å²) in [6.07, 6.45) is 6.01. The van der Waals surface area contributed by atoms with Crippen LogP contribution < -0.4 is 10.2 Å². The van der Waals surface area contributed by atoms with E-state index in [1.54, 1.807) is 37.3 Å². The van der Waals surface area contributed by atoms with Gasteiger partial charge in [0.1, 0.15) is 5.82 Å². The zero-order valence-electron chi connectivity index (χ0n) is 17.3. The van der Waals surface area contributed by atoms with Crippen molar-refractivity contribution >= 4 is 17.6 Å². The van der Waals surface area contributed by atoms with Crippen molar-refractivity contribution in [2.75, 3.05) is 38.6 Å². The summed E-state index contributed by atoms with van der Waals surface area (Å²) >= 11 is 0. The molecule has 154 valence electrons. The molecule has 1 saturated heterocycles. The van der Waals surface area contributed by atoms with Crippen LogP contribution >= 0.6 is 0 Å². The molecule has 1 N–H and O–H groups in total. The van der Waals surface area contributed by atoms with Crippen molar-refractivity contribution in [1.29, 1.82) is 0 Å². The minimum atomic E-state index is -0.0791. The van der Waals surface area contributed by atoms with Crippen molar-refractivity contribution in [2.45, 2.75) is 25.7 Å². The number of rotatable bonds is 7. The summed E-state index contributed by atoms with van der Waals surface area (Å²) < 4.78 is 0. The predicted molar refractivity (Wildman–Crippen MR) is 115 cm³/mol. The Bertz CT molecular complexity index is 799. The van der Waals surface area contributed by atoms with E-state index in [-0.39, 0.29) is 18.4 Å². The lowest BCUT2D eigenvalue weighted by Gasteiger charge is -2.32. The Morgan fingerprint density at radius 2 is 1.86 bits per heavy atom. The second kappa shape index (κ2) is 10.0. The topological polar surface area (TPSA) is 65.5 Å². The lowest BCUT2D eigenvalue weighted by atomic mass is 9.90. The number of nitrogens with one attached hydrogen (secondary N) is 1. The number of likely N-dealkylation sites (tertiary alicyclic amines) is 1. The largest absolute Gasteiger partial charge is 0.358 e. The molecule has 1 aliphatic rings. The molecule has 2 aromatic rings. The molecule has 6 nitrogen and oxygen atoms in total. The van der Waals surface area contributed by atoms with Gasteiger partial charge in [-0.2, -0.15) is 0 Å². The van der Waals surface area contributed by atoms with Gasteiger partial charge in [0, 0.05) is 33.4 Å². The number of aryl methyl sites for hydroxylation is 1. The van der Waals surface area contributed by atoms with Crippen molar-refractivity contribution in [3.63, 3.8) is 0 Å². The normalized spacial score (nSPS) is 14.5. The number of hydrogen-bond acceptors (Lipinski definition) is 4. The van der Waals surface area contributed by atoms with Gasteiger partial charge in [0.25, 0.3) is 5.91 Å². The summed E-state index contributed by atoms with van der Waals surface area (Å²) in [5.74, 6) is 1.31. The number of carbonyl (C=O) groups is 2. The van der Waals surface area contributed by atoms with Gasteiger partial charge in [-0.15, -0.1) is 0 Å². The van der Waals surface area contributed by atoms with Crippen LogP contribution in [0.25, 0.3) is 0 Å². The van der Waals surface area contributed by atoms with E-state index in [0.717, 1.165) is 32.4 Å². The van der Waals surface area contributed by atoms with E-state index < -0.39 is 0 Å². The van der Waals surface area contributed by atoms with E-state index in [4.69, 9.17) is 0 Å². The maximum absolute atomic E-state index is 12.8. The first-order chi connectivity index (χ1) is 14.1. The molecule has 0 saturated carbocycles. The molecule has 1 aromatic carbocycles. The van der Waals surface area contributed by atoms with E-state index in [1.165, 1.54) is 12.0 Å². The van der Waals surface area contributed by atoms with Crippen molar-refractivity contribution < 1.29 is 9.59 Å². The van der Waals surface area contributed by atoms with Crippen LogP contribution in [0.5, 0.6) is 0 Å². The van der Waals surface area contributed by atoms with Crippen LogP contribution in [0.4, 0.5) is 5.82 Å². The SMILES string of the molecule is CNC(=O)CN(C)c1ccc(C(=O)N2CCC(CCc3ccccc3)CC2)cn1. The lowest BCUT2D eigenvalue weighted by Crippen LogP contribution is -2.38. The van der Waals surface area contributed by atoms with Gasteiger partial charge in [-0.3, -0.25) is 9.59 Å². The van der Waals surface area contributed by atoms with Gasteiger partial charge in [-0.05, 0) is 49.3 Å². The van der Waals surface area contributed by atoms with E-state index in [2.05, 4.69) is 40.6 Å². The zero-order valence-corrected chi connectivity index (χ0v) is 17.3. The molecule has 3 rings (SSSR count). The molecule has 0 bridgehead atoms. The van der Waals surface area contributed by atoms with E-state index in [1.807, 2.05) is 4.90 Å². The van der Waals surface area contributed by atoms with Crippen molar-refractivity contribution in [2.24, 2.45) is 5.92 Å². The molecule has 29 heavy (non-hydrogen) atoms. The monoisotopic (exact) mass is 394 g/mol. The van der Waals surface area contributed by atoms with Crippen LogP contribution in [-0.2, 0) is 11.2 Å². The first-order valence-corrected chi connectivity index (χ1v) is 10.3. The van der Waals surface area contributed by atoms with Gasteiger partial charge in [0.05, 0.1) is 12.1 Å². The molecule has 0 atom stereocenters. The Balaban J connectivity index is 1.48. The second-order valence-electron chi connectivity index (χ2n) is 7.69. The number of amides is 2. The summed E-state index contributed by atoms with van der Waals surface area (Å²) in [6, 6.07) is 14.2. The quantitative estimate of drug-likeness (QED) is 0.784. The van der Waals surface area contributed by atoms with Gasteiger partial charge in [-0.1, -0.05) is 30.3 Å². The third kappa shape index (κ3) is 5.79. The van der Waals surface area contributed by atoms with Gasteiger partial charge >= 0.3 is 0 Å². The Morgan fingerprint density at radius 1 is 1.14 bits per heavy atom. The number of piperidine rings is 1. The molecule has 1 aromatic heterocycles. The Labute approximate surface area is 172 Å². The first-order valence-electron chi connectivity index (χ1n) is 10.3. The van der Waals surface area contributed by atoms with Crippen molar-refractivity contribution in [1.82, 2.24) is 15.2 Å². The Hall–Kier alpha value is -2.89. The average Bonchev–Trinajstić information content (AvgIpc) is 2.78. The standard InChI is InChI=1S/C23H30N4O2/c1-24-22(28)17-26(2)21-11-10-20(16-25-21)23(29)27-14-12-19(13-15-27)9-8-18-6-4-3-5-7-18/h3-7,10-11,16,19H,8-9,12-15,17H2,1-2H3,(H,24,28). The molecule has 2 heterocycles. The van der Waals surface area contributed by atoms with Crippen molar-refractivity contribution in [3.8, 4) is 0 Å². The second-order valence-corrected chi connectivity index (χ2v) is 7.69. The smallest absolute Gasteiger partial charge is 0.255 e. The summed E-state index contributed by atoms with van der Waals surface area (Å²) in [5.41, 5.74) is 1.99. The fourth-order valence-electron chi connectivity index (χ4n) is 3.74. The summed E-state index contributed by atoms with van der Waals surface area (Å²) in [5, 5.41) is 2.59. The number of anilines is 1. The van der Waals surface area contributed by atoms with E-state index in [9.17, 15) is 9.59 Å². The highest BCUT2D eigenvalue weighted by atomic mass is 16.2. The molecule has 2 amide bonds. The van der Waals surface area contributed by atoms with Crippen LogP contribution in [-0.4, -0.2) is 55.4 Å². The van der Waals surface area contributed by atoms with Crippen LogP contribution in [0, 0.1) is 5.92 Å². The van der Waals surface area contributed by atoms with Gasteiger partial charge < -0.3 is 15.1 Å². The van der Waals surface area contributed by atoms with Gasteiger partial charge in [0.2, 0.25) is 5.91 Å². The summed E-state index contributed by atoms with van der Waals surface area (Å²) in [4.78, 5) is 32.3. The zero-order chi connectivity index (χ0) is 20.6. The summed E-state index contributed by atoms with van der Waals surface area (Å²) in [6.45, 7) is 1.83. The third-order valence-electron chi connectivity index (χ3n) is 5.63. The maximum atomic E-state index is 12.8. The highest BCUT2D eigenvalue weighted by Crippen LogP contribution is 2.23. The first kappa shape index (κ1) is 20.8. The van der Waals surface area contributed by atoms with E-state index >= 15 is 0 Å². The maximum Gasteiger partial charge on any atom is 0.255 e. The number of benzene rings is 1. The predicted octanol–water partition coefficient (Wildman–Crippen LogP) is 2.75. The number of aromatic nitrogens is 1. The Morgan fingerprint density at radius 3 is 2.48 bits per heavy atom. The summed E-state index contributed by atoms with van der Waals surface area (Å²) in [7, 11) is 3.41. The lowest BCUT2D eigenvalue weighted by molar-refractivity contribution is -0.119. The molecule has 0 spiro atoms. The molecule has 6 heteroatoms. The number of hydrogen-bond donors (Lipinski definition) is 1. The minimum Gasteiger partial charge on any atom is -0.358 e. The molecular formula is C23H30N4O2. The van der Waals surface area contributed by atoms with Gasteiger partial charge in [0.15, 0.2) is 0 Å². The van der Waals surface area contributed by atoms with E-state index in [0.29, 0.717) is 17.3 Å². The number of pyridine rings is 1. The number of nitrogens with zero attached hydrogens (tertiary/aromatic N) is 3. The highest BCUT2D eigenvalue weighted by molar-refractivity contribution is 5.94. The Kier molecular flexibility index (Phi) is 7.22.